The summed E-state index contributed by atoms with van der Waals surface area (Å²) in [7, 11) is 0. The second-order valence-corrected chi connectivity index (χ2v) is 4.75. The van der Waals surface area contributed by atoms with Crippen LogP contribution in [0.15, 0.2) is 5.16 Å². The number of ether oxygens (including phenoxy) is 1. The van der Waals surface area contributed by atoms with Gasteiger partial charge in [0.15, 0.2) is 0 Å². The third kappa shape index (κ3) is 3.46. The molecule has 0 spiro atoms. The molecule has 0 amide bonds. The standard InChI is InChI=1S/C12H19N5O2/c13-10-9(6-15-18)11(17-12(14)16-10)19-7-8-4-2-1-3-5-8/h6,8,18H,1-5,7H2,(H4,13,14,16,17)/b15-6+. The zero-order chi connectivity index (χ0) is 13.7. The van der Waals surface area contributed by atoms with Gasteiger partial charge in [-0.05, 0) is 18.8 Å². The summed E-state index contributed by atoms with van der Waals surface area (Å²) in [4.78, 5) is 7.81. The first-order valence-electron chi connectivity index (χ1n) is 6.44. The lowest BCUT2D eigenvalue weighted by Crippen LogP contribution is -2.17. The van der Waals surface area contributed by atoms with Crippen molar-refractivity contribution in [1.82, 2.24) is 9.97 Å². The molecule has 7 heteroatoms. The molecule has 0 radical (unpaired) electrons. The summed E-state index contributed by atoms with van der Waals surface area (Å²) in [6.45, 7) is 0.572. The van der Waals surface area contributed by atoms with Gasteiger partial charge in [-0.1, -0.05) is 24.4 Å². The minimum Gasteiger partial charge on any atom is -0.477 e. The molecule has 1 aliphatic carbocycles. The molecule has 1 fully saturated rings. The third-order valence-corrected chi connectivity index (χ3v) is 3.32. The summed E-state index contributed by atoms with van der Waals surface area (Å²) in [6, 6.07) is 0. The van der Waals surface area contributed by atoms with Crippen molar-refractivity contribution in [2.24, 2.45) is 11.1 Å². The lowest BCUT2D eigenvalue weighted by molar-refractivity contribution is 0.202. The predicted octanol–water partition coefficient (Wildman–Crippen LogP) is 1.41. The van der Waals surface area contributed by atoms with Crippen LogP contribution in [0.5, 0.6) is 5.88 Å². The van der Waals surface area contributed by atoms with Crippen molar-refractivity contribution in [1.29, 1.82) is 0 Å². The van der Waals surface area contributed by atoms with Crippen LogP contribution in [-0.2, 0) is 0 Å². The fraction of sp³-hybridized carbons (Fsp3) is 0.583. The van der Waals surface area contributed by atoms with Gasteiger partial charge in [-0.3, -0.25) is 0 Å². The smallest absolute Gasteiger partial charge is 0.229 e. The Hall–Kier alpha value is -2.05. The molecule has 0 bridgehead atoms. The van der Waals surface area contributed by atoms with E-state index in [1.165, 1.54) is 32.1 Å². The number of hydrogen-bond acceptors (Lipinski definition) is 7. The molecule has 7 nitrogen and oxygen atoms in total. The number of aromatic nitrogens is 2. The molecule has 1 saturated carbocycles. The molecule has 1 aliphatic rings. The second-order valence-electron chi connectivity index (χ2n) is 4.75. The molecule has 104 valence electrons. The lowest BCUT2D eigenvalue weighted by Gasteiger charge is -2.21. The van der Waals surface area contributed by atoms with Crippen LogP contribution >= 0.6 is 0 Å². The van der Waals surface area contributed by atoms with E-state index < -0.39 is 0 Å². The second kappa shape index (κ2) is 6.21. The van der Waals surface area contributed by atoms with Crippen molar-refractivity contribution in [3.8, 4) is 5.88 Å². The molecule has 0 aliphatic heterocycles. The monoisotopic (exact) mass is 265 g/mol. The van der Waals surface area contributed by atoms with E-state index in [0.717, 1.165) is 6.21 Å². The Bertz CT molecular complexity index is 458. The normalized spacial score (nSPS) is 16.8. The molecular formula is C12H19N5O2. The lowest BCUT2D eigenvalue weighted by atomic mass is 9.90. The van der Waals surface area contributed by atoms with Crippen LogP contribution in [0.1, 0.15) is 37.7 Å². The van der Waals surface area contributed by atoms with E-state index >= 15 is 0 Å². The molecule has 19 heavy (non-hydrogen) atoms. The summed E-state index contributed by atoms with van der Waals surface area (Å²) in [5.74, 6) is 0.994. The first-order chi connectivity index (χ1) is 9.20. The van der Waals surface area contributed by atoms with Crippen molar-refractivity contribution in [3.63, 3.8) is 0 Å². The highest BCUT2D eigenvalue weighted by Crippen LogP contribution is 2.26. The third-order valence-electron chi connectivity index (χ3n) is 3.32. The highest BCUT2D eigenvalue weighted by molar-refractivity contribution is 5.88. The Balaban J connectivity index is 2.09. The minimum atomic E-state index is 0.0474. The summed E-state index contributed by atoms with van der Waals surface area (Å²) < 4.78 is 5.68. The molecular weight excluding hydrogens is 246 g/mol. The van der Waals surface area contributed by atoms with Crippen LogP contribution in [0.4, 0.5) is 11.8 Å². The molecule has 1 aromatic rings. The Morgan fingerprint density at radius 2 is 2.00 bits per heavy atom. The fourth-order valence-corrected chi connectivity index (χ4v) is 2.32. The van der Waals surface area contributed by atoms with Gasteiger partial charge in [-0.2, -0.15) is 9.97 Å². The Labute approximate surface area is 111 Å². The summed E-state index contributed by atoms with van der Waals surface area (Å²) >= 11 is 0. The van der Waals surface area contributed by atoms with E-state index in [9.17, 15) is 0 Å². The number of nitrogens with two attached hydrogens (primary N) is 2. The fourth-order valence-electron chi connectivity index (χ4n) is 2.32. The molecule has 5 N–H and O–H groups in total. The number of anilines is 2. The number of hydrogen-bond donors (Lipinski definition) is 3. The summed E-state index contributed by atoms with van der Waals surface area (Å²) in [5, 5.41) is 11.6. The number of nitrogens with zero attached hydrogens (tertiary/aromatic N) is 3. The molecule has 1 heterocycles. The van der Waals surface area contributed by atoms with E-state index in [2.05, 4.69) is 15.1 Å². The van der Waals surface area contributed by atoms with Crippen molar-refractivity contribution in [2.75, 3.05) is 18.1 Å². The van der Waals surface area contributed by atoms with Crippen LogP contribution in [0.25, 0.3) is 0 Å². The van der Waals surface area contributed by atoms with Gasteiger partial charge in [0.2, 0.25) is 11.8 Å². The number of rotatable bonds is 4. The Morgan fingerprint density at radius 1 is 1.26 bits per heavy atom. The van der Waals surface area contributed by atoms with Gasteiger partial charge >= 0.3 is 0 Å². The van der Waals surface area contributed by atoms with E-state index in [1.54, 1.807) is 0 Å². The van der Waals surface area contributed by atoms with E-state index in [4.69, 9.17) is 21.4 Å². The molecule has 1 aromatic heterocycles. The summed E-state index contributed by atoms with van der Waals surface area (Å²) in [6.07, 6.45) is 7.27. The topological polar surface area (TPSA) is 120 Å². The molecule has 0 unspecified atom stereocenters. The van der Waals surface area contributed by atoms with Crippen LogP contribution in [-0.4, -0.2) is 28.0 Å². The molecule has 0 atom stereocenters. The summed E-state index contributed by atoms with van der Waals surface area (Å²) in [5.41, 5.74) is 11.6. The van der Waals surface area contributed by atoms with Gasteiger partial charge in [0.05, 0.1) is 12.8 Å². The zero-order valence-electron chi connectivity index (χ0n) is 10.7. The largest absolute Gasteiger partial charge is 0.477 e. The SMILES string of the molecule is Nc1nc(N)c(/C=N/O)c(OCC2CCCCC2)n1. The molecule has 0 saturated heterocycles. The van der Waals surface area contributed by atoms with Gasteiger partial charge < -0.3 is 21.4 Å². The highest BCUT2D eigenvalue weighted by Gasteiger charge is 2.17. The molecule has 2 rings (SSSR count). The Morgan fingerprint density at radius 3 is 2.68 bits per heavy atom. The predicted molar refractivity (Wildman–Crippen MR) is 72.3 cm³/mol. The van der Waals surface area contributed by atoms with Gasteiger partial charge in [-0.25, -0.2) is 0 Å². The van der Waals surface area contributed by atoms with Gasteiger partial charge in [0.1, 0.15) is 11.4 Å². The maximum absolute atomic E-state index is 8.63. The first kappa shape index (κ1) is 13.4. The van der Waals surface area contributed by atoms with E-state index in [0.29, 0.717) is 18.1 Å². The van der Waals surface area contributed by atoms with Crippen LogP contribution < -0.4 is 16.2 Å². The van der Waals surface area contributed by atoms with Gasteiger partial charge in [0.25, 0.3) is 0 Å². The zero-order valence-corrected chi connectivity index (χ0v) is 10.7. The van der Waals surface area contributed by atoms with Crippen LogP contribution in [0.2, 0.25) is 0 Å². The van der Waals surface area contributed by atoms with Crippen molar-refractivity contribution in [2.45, 2.75) is 32.1 Å². The van der Waals surface area contributed by atoms with Gasteiger partial charge in [0, 0.05) is 0 Å². The maximum atomic E-state index is 8.63. The highest BCUT2D eigenvalue weighted by atomic mass is 16.5. The van der Waals surface area contributed by atoms with Gasteiger partial charge in [-0.15, -0.1) is 0 Å². The molecule has 0 aromatic carbocycles. The number of oxime groups is 1. The average molecular weight is 265 g/mol. The van der Waals surface area contributed by atoms with Crippen molar-refractivity contribution < 1.29 is 9.94 Å². The van der Waals surface area contributed by atoms with E-state index in [1.807, 2.05) is 0 Å². The average Bonchev–Trinajstić information content (AvgIpc) is 2.41. The quantitative estimate of drug-likeness (QED) is 0.430. The van der Waals surface area contributed by atoms with Crippen molar-refractivity contribution in [3.05, 3.63) is 5.56 Å². The van der Waals surface area contributed by atoms with Crippen LogP contribution in [0, 0.1) is 5.92 Å². The van der Waals surface area contributed by atoms with Crippen LogP contribution in [0.3, 0.4) is 0 Å². The number of nitrogen functional groups attached to an aromatic ring is 2. The first-order valence-corrected chi connectivity index (χ1v) is 6.44. The Kier molecular flexibility index (Phi) is 4.38. The minimum absolute atomic E-state index is 0.0474. The maximum Gasteiger partial charge on any atom is 0.229 e. The van der Waals surface area contributed by atoms with E-state index in [-0.39, 0.29) is 17.6 Å². The van der Waals surface area contributed by atoms with Crippen molar-refractivity contribution >= 4 is 18.0 Å².